The van der Waals surface area contributed by atoms with Crippen molar-refractivity contribution in [1.29, 1.82) is 0 Å². The summed E-state index contributed by atoms with van der Waals surface area (Å²) < 4.78 is 5.93. The molecule has 1 aromatic heterocycles. The highest BCUT2D eigenvalue weighted by Crippen LogP contribution is 2.28. The van der Waals surface area contributed by atoms with E-state index in [0.29, 0.717) is 6.10 Å². The maximum absolute atomic E-state index is 5.93. The van der Waals surface area contributed by atoms with Crippen LogP contribution in [0.4, 0.5) is 0 Å². The van der Waals surface area contributed by atoms with Gasteiger partial charge in [-0.15, -0.1) is 0 Å². The Hall–Kier alpha value is -0.930. The standard InChI is InChI=1S/C14H22N2O/c1-11-5-4-8-16-13(11)10-15-9-12-6-7-14(2,3)17-12/h4-5,8,12,15H,6-7,9-10H2,1-3H3. The van der Waals surface area contributed by atoms with Crippen LogP contribution in [-0.4, -0.2) is 23.2 Å². The van der Waals surface area contributed by atoms with Crippen molar-refractivity contribution in [1.82, 2.24) is 10.3 Å². The van der Waals surface area contributed by atoms with E-state index in [1.54, 1.807) is 0 Å². The molecule has 2 rings (SSSR count). The normalized spacial score (nSPS) is 22.9. The van der Waals surface area contributed by atoms with Crippen molar-refractivity contribution in [2.45, 2.75) is 51.9 Å². The van der Waals surface area contributed by atoms with Crippen LogP contribution in [0.3, 0.4) is 0 Å². The molecule has 1 aliphatic rings. The lowest BCUT2D eigenvalue weighted by Gasteiger charge is -2.19. The Kier molecular flexibility index (Phi) is 3.79. The van der Waals surface area contributed by atoms with Crippen molar-refractivity contribution in [2.75, 3.05) is 6.54 Å². The fourth-order valence-electron chi connectivity index (χ4n) is 2.28. The molecule has 0 aliphatic carbocycles. The monoisotopic (exact) mass is 234 g/mol. The SMILES string of the molecule is Cc1cccnc1CNCC1CCC(C)(C)O1. The van der Waals surface area contributed by atoms with Crippen LogP contribution in [0, 0.1) is 6.92 Å². The smallest absolute Gasteiger partial charge is 0.0707 e. The lowest BCUT2D eigenvalue weighted by atomic mass is 10.1. The molecule has 1 N–H and O–H groups in total. The van der Waals surface area contributed by atoms with E-state index in [4.69, 9.17) is 4.74 Å². The zero-order valence-corrected chi connectivity index (χ0v) is 11.0. The minimum Gasteiger partial charge on any atom is -0.371 e. The van der Waals surface area contributed by atoms with Gasteiger partial charge in [-0.05, 0) is 45.2 Å². The second kappa shape index (κ2) is 5.15. The number of hydrogen-bond donors (Lipinski definition) is 1. The number of ether oxygens (including phenoxy) is 1. The number of hydrogen-bond acceptors (Lipinski definition) is 3. The Morgan fingerprint density at radius 1 is 1.53 bits per heavy atom. The lowest BCUT2D eigenvalue weighted by Crippen LogP contribution is -2.29. The van der Waals surface area contributed by atoms with Crippen LogP contribution >= 0.6 is 0 Å². The highest BCUT2D eigenvalue weighted by Gasteiger charge is 2.31. The van der Waals surface area contributed by atoms with Gasteiger partial charge in [0.05, 0.1) is 17.4 Å². The Morgan fingerprint density at radius 3 is 3.00 bits per heavy atom. The molecule has 1 aromatic rings. The molecule has 1 fully saturated rings. The van der Waals surface area contributed by atoms with Crippen LogP contribution in [0.2, 0.25) is 0 Å². The molecule has 0 bridgehead atoms. The Labute approximate surface area is 104 Å². The van der Waals surface area contributed by atoms with E-state index in [2.05, 4.69) is 37.1 Å². The van der Waals surface area contributed by atoms with Crippen LogP contribution < -0.4 is 5.32 Å². The number of rotatable bonds is 4. The first-order valence-corrected chi connectivity index (χ1v) is 6.36. The van der Waals surface area contributed by atoms with Gasteiger partial charge < -0.3 is 10.1 Å². The summed E-state index contributed by atoms with van der Waals surface area (Å²) in [6, 6.07) is 4.07. The summed E-state index contributed by atoms with van der Waals surface area (Å²) in [5.74, 6) is 0. The number of aromatic nitrogens is 1. The molecule has 94 valence electrons. The molecule has 0 aromatic carbocycles. The molecule has 2 heterocycles. The molecule has 1 atom stereocenters. The van der Waals surface area contributed by atoms with E-state index >= 15 is 0 Å². The predicted octanol–water partition coefficient (Wildman–Crippen LogP) is 2.44. The van der Waals surface area contributed by atoms with Crippen LogP contribution in [-0.2, 0) is 11.3 Å². The fraction of sp³-hybridized carbons (Fsp3) is 0.643. The number of nitrogens with one attached hydrogen (secondary N) is 1. The quantitative estimate of drug-likeness (QED) is 0.869. The van der Waals surface area contributed by atoms with E-state index in [0.717, 1.165) is 31.6 Å². The molecule has 0 spiro atoms. The Morgan fingerprint density at radius 2 is 2.35 bits per heavy atom. The van der Waals surface area contributed by atoms with Gasteiger partial charge in [0.25, 0.3) is 0 Å². The molecule has 1 aliphatic heterocycles. The first kappa shape index (κ1) is 12.5. The topological polar surface area (TPSA) is 34.2 Å². The van der Waals surface area contributed by atoms with Gasteiger partial charge in [0.2, 0.25) is 0 Å². The van der Waals surface area contributed by atoms with E-state index in [-0.39, 0.29) is 5.60 Å². The first-order valence-electron chi connectivity index (χ1n) is 6.36. The van der Waals surface area contributed by atoms with E-state index in [1.165, 1.54) is 5.56 Å². The molecular formula is C14H22N2O. The van der Waals surface area contributed by atoms with Gasteiger partial charge in [-0.1, -0.05) is 6.07 Å². The van der Waals surface area contributed by atoms with Crippen LogP contribution in [0.15, 0.2) is 18.3 Å². The van der Waals surface area contributed by atoms with Gasteiger partial charge in [0.15, 0.2) is 0 Å². The van der Waals surface area contributed by atoms with Gasteiger partial charge in [-0.25, -0.2) is 0 Å². The van der Waals surface area contributed by atoms with Gasteiger partial charge in [0, 0.05) is 19.3 Å². The molecule has 3 heteroatoms. The molecule has 0 saturated carbocycles. The second-order valence-electron chi connectivity index (χ2n) is 5.44. The Balaban J connectivity index is 1.76. The molecule has 1 unspecified atom stereocenters. The average Bonchev–Trinajstić information content (AvgIpc) is 2.61. The predicted molar refractivity (Wildman–Crippen MR) is 68.9 cm³/mol. The summed E-state index contributed by atoms with van der Waals surface area (Å²) >= 11 is 0. The molecule has 1 saturated heterocycles. The van der Waals surface area contributed by atoms with Crippen LogP contribution in [0.1, 0.15) is 37.9 Å². The zero-order valence-electron chi connectivity index (χ0n) is 11.0. The molecule has 3 nitrogen and oxygen atoms in total. The largest absolute Gasteiger partial charge is 0.371 e. The van der Waals surface area contributed by atoms with Crippen molar-refractivity contribution in [3.8, 4) is 0 Å². The summed E-state index contributed by atoms with van der Waals surface area (Å²) in [7, 11) is 0. The maximum atomic E-state index is 5.93. The third kappa shape index (κ3) is 3.51. The number of nitrogens with zero attached hydrogens (tertiary/aromatic N) is 1. The summed E-state index contributed by atoms with van der Waals surface area (Å²) in [5, 5.41) is 3.43. The second-order valence-corrected chi connectivity index (χ2v) is 5.44. The van der Waals surface area contributed by atoms with Crippen molar-refractivity contribution < 1.29 is 4.74 Å². The average molecular weight is 234 g/mol. The minimum absolute atomic E-state index is 0.0628. The first-order chi connectivity index (χ1) is 8.07. The highest BCUT2D eigenvalue weighted by molar-refractivity contribution is 5.17. The van der Waals surface area contributed by atoms with E-state index < -0.39 is 0 Å². The lowest BCUT2D eigenvalue weighted by molar-refractivity contribution is -0.0143. The summed E-state index contributed by atoms with van der Waals surface area (Å²) in [6.07, 6.45) is 4.51. The van der Waals surface area contributed by atoms with Crippen LogP contribution in [0.5, 0.6) is 0 Å². The van der Waals surface area contributed by atoms with Crippen molar-refractivity contribution >= 4 is 0 Å². The van der Waals surface area contributed by atoms with Crippen molar-refractivity contribution in [3.63, 3.8) is 0 Å². The summed E-state index contributed by atoms with van der Waals surface area (Å²) in [5.41, 5.74) is 2.44. The Bertz CT molecular complexity index is 376. The zero-order chi connectivity index (χ0) is 12.3. The molecule has 0 amide bonds. The van der Waals surface area contributed by atoms with Crippen LogP contribution in [0.25, 0.3) is 0 Å². The van der Waals surface area contributed by atoms with E-state index in [9.17, 15) is 0 Å². The van der Waals surface area contributed by atoms with Gasteiger partial charge in [-0.2, -0.15) is 0 Å². The van der Waals surface area contributed by atoms with Crippen molar-refractivity contribution in [2.24, 2.45) is 0 Å². The number of aryl methyl sites for hydroxylation is 1. The van der Waals surface area contributed by atoms with Gasteiger partial charge in [0.1, 0.15) is 0 Å². The molecular weight excluding hydrogens is 212 g/mol. The van der Waals surface area contributed by atoms with Crippen molar-refractivity contribution in [3.05, 3.63) is 29.6 Å². The highest BCUT2D eigenvalue weighted by atomic mass is 16.5. The third-order valence-electron chi connectivity index (χ3n) is 3.34. The number of pyridine rings is 1. The van der Waals surface area contributed by atoms with Gasteiger partial charge >= 0.3 is 0 Å². The van der Waals surface area contributed by atoms with E-state index in [1.807, 2.05) is 12.3 Å². The fourth-order valence-corrected chi connectivity index (χ4v) is 2.28. The minimum atomic E-state index is 0.0628. The summed E-state index contributed by atoms with van der Waals surface area (Å²) in [6.45, 7) is 8.16. The molecule has 17 heavy (non-hydrogen) atoms. The molecule has 0 radical (unpaired) electrons. The van der Waals surface area contributed by atoms with Gasteiger partial charge in [-0.3, -0.25) is 4.98 Å². The maximum Gasteiger partial charge on any atom is 0.0707 e. The third-order valence-corrected chi connectivity index (χ3v) is 3.34. The summed E-state index contributed by atoms with van der Waals surface area (Å²) in [4.78, 5) is 4.37.